The molecule has 112 valence electrons. The van der Waals surface area contributed by atoms with Crippen LogP contribution in [-0.2, 0) is 4.74 Å². The van der Waals surface area contributed by atoms with Crippen LogP contribution in [0.15, 0.2) is 29.1 Å². The number of ether oxygens (including phenoxy) is 1. The summed E-state index contributed by atoms with van der Waals surface area (Å²) < 4.78 is 5.29. The van der Waals surface area contributed by atoms with Gasteiger partial charge in [-0.15, -0.1) is 0 Å². The zero-order valence-electron chi connectivity index (χ0n) is 11.9. The Morgan fingerprint density at radius 3 is 2.81 bits per heavy atom. The van der Waals surface area contributed by atoms with Gasteiger partial charge < -0.3 is 14.8 Å². The minimum Gasteiger partial charge on any atom is -0.493 e. The number of halogens is 1. The standard InChI is InChI=1S/C15H17ClN2O3/c1-3-5-11(21-2)13-17-14(19)12(15(20)18-13)9-6-4-7-10(16)8-9/h4,6-8,11H,3,5H2,1-2H3,(H2,17,18,19,20). The Morgan fingerprint density at radius 2 is 2.24 bits per heavy atom. The van der Waals surface area contributed by atoms with Crippen LogP contribution in [0.3, 0.4) is 0 Å². The van der Waals surface area contributed by atoms with Crippen LogP contribution >= 0.6 is 11.6 Å². The van der Waals surface area contributed by atoms with Gasteiger partial charge in [0.15, 0.2) is 0 Å². The zero-order valence-corrected chi connectivity index (χ0v) is 12.6. The first-order chi connectivity index (χ1) is 10.1. The maximum atomic E-state index is 12.2. The fraction of sp³-hybridized carbons (Fsp3) is 0.333. The third-order valence-electron chi connectivity index (χ3n) is 3.17. The van der Waals surface area contributed by atoms with Crippen molar-refractivity contribution < 1.29 is 9.84 Å². The number of hydrogen-bond acceptors (Lipinski definition) is 4. The summed E-state index contributed by atoms with van der Waals surface area (Å²) in [7, 11) is 1.54. The van der Waals surface area contributed by atoms with Crippen LogP contribution in [-0.4, -0.2) is 22.2 Å². The molecule has 21 heavy (non-hydrogen) atoms. The van der Waals surface area contributed by atoms with E-state index in [4.69, 9.17) is 16.3 Å². The largest absolute Gasteiger partial charge is 0.493 e. The molecule has 1 aromatic heterocycles. The molecule has 6 heteroatoms. The van der Waals surface area contributed by atoms with Gasteiger partial charge in [0, 0.05) is 12.1 Å². The molecule has 0 amide bonds. The molecule has 0 aliphatic rings. The van der Waals surface area contributed by atoms with E-state index in [1.807, 2.05) is 6.92 Å². The summed E-state index contributed by atoms with van der Waals surface area (Å²) in [6, 6.07) is 6.70. The first kappa shape index (κ1) is 15.5. The quantitative estimate of drug-likeness (QED) is 0.888. The van der Waals surface area contributed by atoms with Crippen LogP contribution in [0.2, 0.25) is 5.02 Å². The predicted octanol–water partition coefficient (Wildman–Crippen LogP) is 3.28. The topological polar surface area (TPSA) is 75.2 Å². The highest BCUT2D eigenvalue weighted by Crippen LogP contribution is 2.27. The third-order valence-corrected chi connectivity index (χ3v) is 3.41. The Kier molecular flexibility index (Phi) is 4.98. The van der Waals surface area contributed by atoms with Gasteiger partial charge in [-0.3, -0.25) is 4.79 Å². The summed E-state index contributed by atoms with van der Waals surface area (Å²) in [5.74, 6) is 0.00166. The van der Waals surface area contributed by atoms with E-state index in [1.165, 1.54) is 0 Å². The Hall–Kier alpha value is -1.85. The third kappa shape index (κ3) is 3.43. The maximum Gasteiger partial charge on any atom is 0.262 e. The molecule has 2 rings (SSSR count). The average molecular weight is 309 g/mol. The van der Waals surface area contributed by atoms with Crippen LogP contribution in [0.25, 0.3) is 11.1 Å². The number of nitrogens with one attached hydrogen (secondary N) is 1. The van der Waals surface area contributed by atoms with E-state index >= 15 is 0 Å². The molecule has 0 fully saturated rings. The van der Waals surface area contributed by atoms with Gasteiger partial charge in [0.1, 0.15) is 17.5 Å². The molecule has 0 spiro atoms. The van der Waals surface area contributed by atoms with Gasteiger partial charge in [-0.05, 0) is 24.1 Å². The van der Waals surface area contributed by atoms with Crippen LogP contribution < -0.4 is 5.56 Å². The normalized spacial score (nSPS) is 12.3. The van der Waals surface area contributed by atoms with Gasteiger partial charge in [-0.1, -0.05) is 37.1 Å². The van der Waals surface area contributed by atoms with Crippen molar-refractivity contribution in [2.45, 2.75) is 25.9 Å². The fourth-order valence-electron chi connectivity index (χ4n) is 2.16. The van der Waals surface area contributed by atoms with Gasteiger partial charge >= 0.3 is 0 Å². The lowest BCUT2D eigenvalue weighted by molar-refractivity contribution is 0.0868. The van der Waals surface area contributed by atoms with Crippen molar-refractivity contribution in [2.24, 2.45) is 0 Å². The zero-order chi connectivity index (χ0) is 15.4. The van der Waals surface area contributed by atoms with Crippen molar-refractivity contribution in [2.75, 3.05) is 7.11 Å². The van der Waals surface area contributed by atoms with Crippen LogP contribution in [0, 0.1) is 0 Å². The minimum atomic E-state index is -0.419. The van der Waals surface area contributed by atoms with Gasteiger partial charge in [-0.2, -0.15) is 4.98 Å². The molecule has 1 unspecified atom stereocenters. The highest BCUT2D eigenvalue weighted by Gasteiger charge is 2.18. The number of aromatic nitrogens is 2. The van der Waals surface area contributed by atoms with E-state index in [1.54, 1.807) is 31.4 Å². The summed E-state index contributed by atoms with van der Waals surface area (Å²) >= 11 is 5.91. The van der Waals surface area contributed by atoms with E-state index in [2.05, 4.69) is 9.97 Å². The van der Waals surface area contributed by atoms with E-state index in [-0.39, 0.29) is 17.5 Å². The molecule has 0 saturated heterocycles. The van der Waals surface area contributed by atoms with Crippen molar-refractivity contribution >= 4 is 11.6 Å². The second-order valence-electron chi connectivity index (χ2n) is 4.67. The lowest BCUT2D eigenvalue weighted by Gasteiger charge is -2.14. The number of H-pyrrole nitrogens is 1. The number of hydrogen-bond donors (Lipinski definition) is 2. The van der Waals surface area contributed by atoms with E-state index in [0.717, 1.165) is 6.42 Å². The molecule has 0 radical (unpaired) electrons. The minimum absolute atomic E-state index is 0.104. The highest BCUT2D eigenvalue weighted by atomic mass is 35.5. The van der Waals surface area contributed by atoms with Crippen molar-refractivity contribution in [3.63, 3.8) is 0 Å². The molecule has 0 saturated carbocycles. The lowest BCUT2D eigenvalue weighted by atomic mass is 10.1. The molecule has 1 atom stereocenters. The molecule has 1 aromatic carbocycles. The Morgan fingerprint density at radius 1 is 1.48 bits per heavy atom. The Balaban J connectivity index is 2.49. The van der Waals surface area contributed by atoms with E-state index in [9.17, 15) is 9.90 Å². The van der Waals surface area contributed by atoms with Crippen LogP contribution in [0.4, 0.5) is 0 Å². The second kappa shape index (κ2) is 6.74. The van der Waals surface area contributed by atoms with Gasteiger partial charge in [0.05, 0.1) is 0 Å². The molecule has 5 nitrogen and oxygen atoms in total. The van der Waals surface area contributed by atoms with E-state index < -0.39 is 5.56 Å². The number of nitrogens with zero attached hydrogens (tertiary/aromatic N) is 1. The molecule has 2 N–H and O–H groups in total. The average Bonchev–Trinajstić information content (AvgIpc) is 2.44. The van der Waals surface area contributed by atoms with Gasteiger partial charge in [-0.25, -0.2) is 0 Å². The van der Waals surface area contributed by atoms with Crippen molar-refractivity contribution in [1.29, 1.82) is 0 Å². The first-order valence-electron chi connectivity index (χ1n) is 6.68. The molecule has 0 bridgehead atoms. The molecule has 1 heterocycles. The lowest BCUT2D eigenvalue weighted by Crippen LogP contribution is -2.17. The molecule has 2 aromatic rings. The SMILES string of the molecule is CCCC(OC)c1nc(O)c(-c2cccc(Cl)c2)c(=O)[nH]1. The van der Waals surface area contributed by atoms with Crippen molar-refractivity contribution in [1.82, 2.24) is 9.97 Å². The summed E-state index contributed by atoms with van der Waals surface area (Å²) in [4.78, 5) is 19.0. The van der Waals surface area contributed by atoms with Crippen molar-refractivity contribution in [3.05, 3.63) is 45.5 Å². The molecule has 0 aliphatic heterocycles. The van der Waals surface area contributed by atoms with Crippen LogP contribution in [0.1, 0.15) is 31.7 Å². The maximum absolute atomic E-state index is 12.2. The molecular weight excluding hydrogens is 292 g/mol. The summed E-state index contributed by atoms with van der Waals surface area (Å²) in [6.07, 6.45) is 1.23. The Bertz CT molecular complexity index is 685. The summed E-state index contributed by atoms with van der Waals surface area (Å²) in [5.41, 5.74) is 0.204. The first-order valence-corrected chi connectivity index (χ1v) is 7.06. The van der Waals surface area contributed by atoms with Crippen LogP contribution in [0.5, 0.6) is 5.88 Å². The monoisotopic (exact) mass is 308 g/mol. The number of rotatable bonds is 5. The number of benzene rings is 1. The molecular formula is C15H17ClN2O3. The highest BCUT2D eigenvalue weighted by molar-refractivity contribution is 6.30. The van der Waals surface area contributed by atoms with Crippen molar-refractivity contribution in [3.8, 4) is 17.0 Å². The van der Waals surface area contributed by atoms with Gasteiger partial charge in [0.25, 0.3) is 5.56 Å². The fourth-order valence-corrected chi connectivity index (χ4v) is 2.35. The summed E-state index contributed by atoms with van der Waals surface area (Å²) in [6.45, 7) is 2.00. The number of aromatic hydroxyl groups is 1. The second-order valence-corrected chi connectivity index (χ2v) is 5.11. The molecule has 0 aliphatic carbocycles. The summed E-state index contributed by atoms with van der Waals surface area (Å²) in [5, 5.41) is 10.6. The van der Waals surface area contributed by atoms with E-state index in [0.29, 0.717) is 22.8 Å². The Labute approximate surface area is 127 Å². The predicted molar refractivity (Wildman–Crippen MR) is 81.6 cm³/mol. The van der Waals surface area contributed by atoms with Gasteiger partial charge in [0.2, 0.25) is 5.88 Å². The number of methoxy groups -OCH3 is 1. The smallest absolute Gasteiger partial charge is 0.262 e. The number of aromatic amines is 1.